The molecule has 3 N–H and O–H groups in total. The molecule has 210 valence electrons. The van der Waals surface area contributed by atoms with Crippen molar-refractivity contribution >= 4 is 29.4 Å². The lowest BCUT2D eigenvalue weighted by atomic mass is 9.93. The van der Waals surface area contributed by atoms with Gasteiger partial charge < -0.3 is 25.4 Å². The van der Waals surface area contributed by atoms with Gasteiger partial charge in [0, 0.05) is 30.8 Å². The lowest BCUT2D eigenvalue weighted by molar-refractivity contribution is -0.123. The minimum Gasteiger partial charge on any atom is -0.391 e. The highest BCUT2D eigenvalue weighted by molar-refractivity contribution is 6.33. The Morgan fingerprint density at radius 2 is 1.93 bits per heavy atom. The number of fused-ring (bicyclic) bond motifs is 1. The smallest absolute Gasteiger partial charge is 0.254 e. The maximum Gasteiger partial charge on any atom is 0.254 e. The van der Waals surface area contributed by atoms with Gasteiger partial charge in [-0.3, -0.25) is 9.59 Å². The van der Waals surface area contributed by atoms with Crippen molar-refractivity contribution in [2.24, 2.45) is 0 Å². The monoisotopic (exact) mass is 563 g/mol. The molecule has 10 heteroatoms. The van der Waals surface area contributed by atoms with Crippen LogP contribution in [0.15, 0.2) is 54.7 Å². The number of aromatic nitrogens is 2. The van der Waals surface area contributed by atoms with Gasteiger partial charge in [0.1, 0.15) is 6.54 Å². The second-order valence-corrected chi connectivity index (χ2v) is 10.9. The summed E-state index contributed by atoms with van der Waals surface area (Å²) in [5, 5.41) is 16.9. The summed E-state index contributed by atoms with van der Waals surface area (Å²) in [4.78, 5) is 36.7. The Labute approximate surface area is 238 Å². The molecule has 1 aliphatic heterocycles. The highest BCUT2D eigenvalue weighted by Gasteiger charge is 2.31. The Balaban J connectivity index is 1.26. The molecule has 0 radical (unpaired) electrons. The highest BCUT2D eigenvalue weighted by Crippen LogP contribution is 2.32. The molecule has 3 aromatic rings. The minimum absolute atomic E-state index is 0.119. The largest absolute Gasteiger partial charge is 0.391 e. The average Bonchev–Trinajstić information content (AvgIpc) is 3.27. The van der Waals surface area contributed by atoms with Crippen molar-refractivity contribution in [1.82, 2.24) is 20.2 Å². The van der Waals surface area contributed by atoms with Gasteiger partial charge in [-0.25, -0.2) is 9.97 Å². The Morgan fingerprint density at radius 3 is 2.62 bits per heavy atom. The van der Waals surface area contributed by atoms with E-state index in [0.717, 1.165) is 36.8 Å². The minimum atomic E-state index is -0.794. The van der Waals surface area contributed by atoms with E-state index in [-0.39, 0.29) is 24.4 Å². The summed E-state index contributed by atoms with van der Waals surface area (Å²) in [6.45, 7) is 1.83. The molecule has 1 aliphatic carbocycles. The van der Waals surface area contributed by atoms with Crippen LogP contribution in [-0.4, -0.2) is 63.7 Å². The summed E-state index contributed by atoms with van der Waals surface area (Å²) in [5.74, 6) is -0.0829. The SMILES string of the molecule is COC1CCC(Nc2ncc(Cl)c(-c3ccc4c(c3)C(=O)N(CC(=O)N[C@@H](c3ccccc3)[C@H](C)O)C4)n2)CC1. The van der Waals surface area contributed by atoms with E-state index in [9.17, 15) is 14.7 Å². The standard InChI is InChI=1S/C30H34ClN5O4/c1-18(37)27(19-6-4-3-5-7-19)34-26(38)17-36-16-21-9-8-20(14-24(21)29(36)39)28-25(31)15-32-30(35-28)33-22-10-12-23(40-2)13-11-22/h3-9,14-15,18,22-23,27,37H,10-13,16-17H2,1-2H3,(H,34,38)(H,32,33,35)/t18-,22?,23?,27+/m0/s1. The van der Waals surface area contributed by atoms with Crippen molar-refractivity contribution in [3.8, 4) is 11.3 Å². The lowest BCUT2D eigenvalue weighted by Gasteiger charge is -2.28. The van der Waals surface area contributed by atoms with Gasteiger partial charge in [0.05, 0.1) is 35.2 Å². The third kappa shape index (κ3) is 6.27. The van der Waals surface area contributed by atoms with Gasteiger partial charge >= 0.3 is 0 Å². The Bertz CT molecular complexity index is 1360. The summed E-state index contributed by atoms with van der Waals surface area (Å²) < 4.78 is 5.46. The van der Waals surface area contributed by atoms with Crippen molar-refractivity contribution in [3.63, 3.8) is 0 Å². The molecule has 2 aliphatic rings. The molecule has 40 heavy (non-hydrogen) atoms. The fourth-order valence-electron chi connectivity index (χ4n) is 5.44. The zero-order chi connectivity index (χ0) is 28.2. The molecule has 0 bridgehead atoms. The number of carbonyl (C=O) groups is 2. The molecule has 2 heterocycles. The number of hydrogen-bond acceptors (Lipinski definition) is 7. The van der Waals surface area contributed by atoms with E-state index in [0.29, 0.717) is 40.4 Å². The third-order valence-electron chi connectivity index (χ3n) is 7.64. The van der Waals surface area contributed by atoms with Gasteiger partial charge in [-0.2, -0.15) is 0 Å². The van der Waals surface area contributed by atoms with Gasteiger partial charge in [0.15, 0.2) is 0 Å². The zero-order valence-corrected chi connectivity index (χ0v) is 23.4. The fourth-order valence-corrected chi connectivity index (χ4v) is 5.64. The van der Waals surface area contributed by atoms with E-state index in [2.05, 4.69) is 20.6 Å². The molecule has 5 rings (SSSR count). The lowest BCUT2D eigenvalue weighted by Crippen LogP contribution is -2.41. The normalized spacial score (nSPS) is 20.1. The van der Waals surface area contributed by atoms with Gasteiger partial charge in [-0.05, 0) is 49.8 Å². The van der Waals surface area contributed by atoms with Crippen LogP contribution in [0.5, 0.6) is 0 Å². The topological polar surface area (TPSA) is 117 Å². The molecular formula is C30H34ClN5O4. The van der Waals surface area contributed by atoms with E-state index in [4.69, 9.17) is 16.3 Å². The average molecular weight is 564 g/mol. The first-order valence-electron chi connectivity index (χ1n) is 13.6. The predicted molar refractivity (Wildman–Crippen MR) is 153 cm³/mol. The summed E-state index contributed by atoms with van der Waals surface area (Å²) in [6.07, 6.45) is 5.00. The van der Waals surface area contributed by atoms with Crippen LogP contribution in [0.25, 0.3) is 11.3 Å². The molecule has 2 atom stereocenters. The van der Waals surface area contributed by atoms with E-state index in [1.807, 2.05) is 42.5 Å². The van der Waals surface area contributed by atoms with E-state index < -0.39 is 12.1 Å². The molecule has 1 aromatic heterocycles. The number of carbonyl (C=O) groups excluding carboxylic acids is 2. The maximum atomic E-state index is 13.3. The number of halogens is 1. The molecular weight excluding hydrogens is 530 g/mol. The molecule has 0 spiro atoms. The fraction of sp³-hybridized carbons (Fsp3) is 0.400. The summed E-state index contributed by atoms with van der Waals surface area (Å²) in [7, 11) is 1.75. The number of benzene rings is 2. The number of amides is 2. The zero-order valence-electron chi connectivity index (χ0n) is 22.6. The van der Waals surface area contributed by atoms with Crippen LogP contribution in [0.3, 0.4) is 0 Å². The van der Waals surface area contributed by atoms with Crippen LogP contribution < -0.4 is 10.6 Å². The third-order valence-corrected chi connectivity index (χ3v) is 7.92. The van der Waals surface area contributed by atoms with Crippen molar-refractivity contribution in [3.05, 3.63) is 76.4 Å². The first-order chi connectivity index (χ1) is 19.3. The van der Waals surface area contributed by atoms with Gasteiger partial charge in [-0.1, -0.05) is 54.1 Å². The van der Waals surface area contributed by atoms with Crippen LogP contribution in [0.4, 0.5) is 5.95 Å². The summed E-state index contributed by atoms with van der Waals surface area (Å²) in [6, 6.07) is 14.5. The number of ether oxygens (including phenoxy) is 1. The highest BCUT2D eigenvalue weighted by atomic mass is 35.5. The van der Waals surface area contributed by atoms with Crippen LogP contribution >= 0.6 is 11.6 Å². The van der Waals surface area contributed by atoms with Gasteiger partial charge in [0.25, 0.3) is 5.91 Å². The number of aliphatic hydroxyl groups excluding tert-OH is 1. The Morgan fingerprint density at radius 1 is 1.18 bits per heavy atom. The predicted octanol–water partition coefficient (Wildman–Crippen LogP) is 4.36. The van der Waals surface area contributed by atoms with Crippen molar-refractivity contribution in [2.75, 3.05) is 19.0 Å². The number of nitrogens with zero attached hydrogens (tertiary/aromatic N) is 3. The van der Waals surface area contributed by atoms with Crippen LogP contribution in [0.1, 0.15) is 60.1 Å². The summed E-state index contributed by atoms with van der Waals surface area (Å²) >= 11 is 6.48. The quantitative estimate of drug-likeness (QED) is 0.354. The maximum absolute atomic E-state index is 13.3. The molecule has 2 amide bonds. The second-order valence-electron chi connectivity index (χ2n) is 10.5. The van der Waals surface area contributed by atoms with Crippen molar-refractivity contribution in [2.45, 2.75) is 63.4 Å². The molecule has 2 aromatic carbocycles. The van der Waals surface area contributed by atoms with Crippen LogP contribution in [0.2, 0.25) is 5.02 Å². The number of hydrogen-bond donors (Lipinski definition) is 3. The first kappa shape index (κ1) is 28.0. The number of nitrogens with one attached hydrogen (secondary N) is 2. The summed E-state index contributed by atoms with van der Waals surface area (Å²) in [5.41, 5.74) is 3.39. The first-order valence-corrected chi connectivity index (χ1v) is 14.0. The molecule has 9 nitrogen and oxygen atoms in total. The number of anilines is 1. The molecule has 0 saturated heterocycles. The number of methoxy groups -OCH3 is 1. The van der Waals surface area contributed by atoms with E-state index in [1.165, 1.54) is 4.90 Å². The van der Waals surface area contributed by atoms with Gasteiger partial charge in [-0.15, -0.1) is 0 Å². The van der Waals surface area contributed by atoms with Gasteiger partial charge in [0.2, 0.25) is 11.9 Å². The molecule has 1 fully saturated rings. The van der Waals surface area contributed by atoms with Crippen molar-refractivity contribution in [1.29, 1.82) is 0 Å². The second kappa shape index (κ2) is 12.3. The number of aliphatic hydroxyl groups is 1. The van der Waals surface area contributed by atoms with E-state index >= 15 is 0 Å². The van der Waals surface area contributed by atoms with Crippen LogP contribution in [-0.2, 0) is 16.1 Å². The Kier molecular flexibility index (Phi) is 8.63. The molecule has 1 saturated carbocycles. The van der Waals surface area contributed by atoms with Crippen molar-refractivity contribution < 1.29 is 19.4 Å². The van der Waals surface area contributed by atoms with Crippen LogP contribution in [0, 0.1) is 0 Å². The Hall–Kier alpha value is -3.53. The van der Waals surface area contributed by atoms with E-state index in [1.54, 1.807) is 26.3 Å². The number of rotatable bonds is 9. The molecule has 0 unspecified atom stereocenters.